The lowest BCUT2D eigenvalue weighted by molar-refractivity contribution is -0.137. The Balaban J connectivity index is 2.41. The molecule has 0 atom stereocenters. The van der Waals surface area contributed by atoms with E-state index in [2.05, 4.69) is 10.3 Å². The van der Waals surface area contributed by atoms with E-state index in [0.717, 1.165) is 0 Å². The summed E-state index contributed by atoms with van der Waals surface area (Å²) in [6.07, 6.45) is -3.22. The molecule has 0 radical (unpaired) electrons. The Morgan fingerprint density at radius 2 is 1.90 bits per heavy atom. The molecule has 0 unspecified atom stereocenters. The number of pyridine rings is 1. The molecule has 1 aromatic carbocycles. The normalized spacial score (nSPS) is 10.9. The number of anilines is 2. The summed E-state index contributed by atoms with van der Waals surface area (Å²) in [5, 5.41) is 11.3. The molecule has 20 heavy (non-hydrogen) atoms. The molecule has 0 spiro atoms. The summed E-state index contributed by atoms with van der Waals surface area (Å²) in [7, 11) is 0. The van der Waals surface area contributed by atoms with Gasteiger partial charge in [-0.1, -0.05) is 0 Å². The maximum Gasteiger partial charge on any atom is 0.416 e. The molecule has 0 aliphatic carbocycles. The molecule has 0 amide bonds. The standard InChI is InChI=1S/C13H7F4N3/c14-9-4-3-8(13(15,16)17)6-11(9)20-10-2-1-5-19-12(10)7-18/h1-6,20H. The molecule has 0 fully saturated rings. The third kappa shape index (κ3) is 2.85. The number of alkyl halides is 3. The van der Waals surface area contributed by atoms with Gasteiger partial charge in [-0.25, -0.2) is 9.37 Å². The number of nitriles is 1. The summed E-state index contributed by atoms with van der Waals surface area (Å²) in [4.78, 5) is 3.73. The minimum absolute atomic E-state index is 0.0377. The number of nitrogens with zero attached hydrogens (tertiary/aromatic N) is 2. The molecule has 3 nitrogen and oxygen atoms in total. The van der Waals surface area contributed by atoms with Crippen LogP contribution < -0.4 is 5.32 Å². The van der Waals surface area contributed by atoms with E-state index in [0.29, 0.717) is 18.2 Å². The number of rotatable bonds is 2. The Kier molecular flexibility index (Phi) is 3.57. The summed E-state index contributed by atoms with van der Waals surface area (Å²) in [6, 6.07) is 6.67. The van der Waals surface area contributed by atoms with Gasteiger partial charge >= 0.3 is 6.18 Å². The molecule has 0 aliphatic rings. The number of hydrogen-bond donors (Lipinski definition) is 1. The first-order valence-corrected chi connectivity index (χ1v) is 5.40. The van der Waals surface area contributed by atoms with Crippen LogP contribution in [0.1, 0.15) is 11.3 Å². The average Bonchev–Trinajstić information content (AvgIpc) is 2.40. The Labute approximate surface area is 111 Å². The first kappa shape index (κ1) is 13.8. The number of benzene rings is 1. The zero-order chi connectivity index (χ0) is 14.8. The fourth-order valence-corrected chi connectivity index (χ4v) is 1.54. The Morgan fingerprint density at radius 1 is 1.15 bits per heavy atom. The predicted molar refractivity (Wildman–Crippen MR) is 63.6 cm³/mol. The van der Waals surface area contributed by atoms with Crippen LogP contribution in [-0.2, 0) is 6.18 Å². The van der Waals surface area contributed by atoms with E-state index in [9.17, 15) is 17.6 Å². The van der Waals surface area contributed by atoms with Crippen LogP contribution in [0, 0.1) is 17.1 Å². The van der Waals surface area contributed by atoms with Crippen LogP contribution >= 0.6 is 0 Å². The van der Waals surface area contributed by atoms with Gasteiger partial charge < -0.3 is 5.32 Å². The van der Waals surface area contributed by atoms with Gasteiger partial charge in [0, 0.05) is 6.20 Å². The van der Waals surface area contributed by atoms with Crippen molar-refractivity contribution in [1.82, 2.24) is 4.98 Å². The van der Waals surface area contributed by atoms with E-state index in [1.807, 2.05) is 0 Å². The number of aromatic nitrogens is 1. The molecule has 7 heteroatoms. The van der Waals surface area contributed by atoms with Crippen LogP contribution in [0.3, 0.4) is 0 Å². The summed E-state index contributed by atoms with van der Waals surface area (Å²) in [5.41, 5.74) is -1.26. The minimum Gasteiger partial charge on any atom is -0.351 e. The van der Waals surface area contributed by atoms with Crippen molar-refractivity contribution < 1.29 is 17.6 Å². The van der Waals surface area contributed by atoms with Gasteiger partial charge in [-0.05, 0) is 30.3 Å². The smallest absolute Gasteiger partial charge is 0.351 e. The van der Waals surface area contributed by atoms with E-state index in [1.54, 1.807) is 6.07 Å². The quantitative estimate of drug-likeness (QED) is 0.850. The first-order valence-electron chi connectivity index (χ1n) is 5.40. The second kappa shape index (κ2) is 5.17. The maximum absolute atomic E-state index is 13.5. The fourth-order valence-electron chi connectivity index (χ4n) is 1.54. The number of nitrogens with one attached hydrogen (secondary N) is 1. The highest BCUT2D eigenvalue weighted by molar-refractivity contribution is 5.65. The summed E-state index contributed by atoms with van der Waals surface area (Å²) >= 11 is 0. The van der Waals surface area contributed by atoms with Gasteiger partial charge in [0.05, 0.1) is 16.9 Å². The van der Waals surface area contributed by atoms with Crippen molar-refractivity contribution in [3.05, 3.63) is 53.6 Å². The minimum atomic E-state index is -4.57. The molecule has 1 N–H and O–H groups in total. The van der Waals surface area contributed by atoms with Crippen molar-refractivity contribution in [3.63, 3.8) is 0 Å². The lowest BCUT2D eigenvalue weighted by Crippen LogP contribution is -2.06. The topological polar surface area (TPSA) is 48.7 Å². The van der Waals surface area contributed by atoms with Crippen LogP contribution in [0.2, 0.25) is 0 Å². The Bertz CT molecular complexity index is 674. The van der Waals surface area contributed by atoms with E-state index < -0.39 is 17.6 Å². The SMILES string of the molecule is N#Cc1ncccc1Nc1cc(C(F)(F)F)ccc1F. The molecule has 0 saturated carbocycles. The molecule has 1 aromatic heterocycles. The van der Waals surface area contributed by atoms with Gasteiger partial charge in [0.25, 0.3) is 0 Å². The van der Waals surface area contributed by atoms with Crippen molar-refractivity contribution in [3.8, 4) is 6.07 Å². The predicted octanol–water partition coefficient (Wildman–Crippen LogP) is 3.85. The third-order valence-corrected chi connectivity index (χ3v) is 2.48. The van der Waals surface area contributed by atoms with Gasteiger partial charge in [-0.15, -0.1) is 0 Å². The molecule has 0 aliphatic heterocycles. The van der Waals surface area contributed by atoms with Gasteiger partial charge in [0.15, 0.2) is 5.69 Å². The Morgan fingerprint density at radius 3 is 2.55 bits per heavy atom. The summed E-state index contributed by atoms with van der Waals surface area (Å²) in [6.45, 7) is 0. The van der Waals surface area contributed by atoms with E-state index in [4.69, 9.17) is 5.26 Å². The molecule has 2 aromatic rings. The highest BCUT2D eigenvalue weighted by atomic mass is 19.4. The zero-order valence-electron chi connectivity index (χ0n) is 9.87. The Hall–Kier alpha value is -2.62. The average molecular weight is 281 g/mol. The van der Waals surface area contributed by atoms with Crippen LogP contribution in [0.4, 0.5) is 28.9 Å². The van der Waals surface area contributed by atoms with Crippen LogP contribution in [0.5, 0.6) is 0 Å². The number of halogens is 4. The van der Waals surface area contributed by atoms with Crippen molar-refractivity contribution in [2.75, 3.05) is 5.32 Å². The molecule has 1 heterocycles. The highest BCUT2D eigenvalue weighted by Crippen LogP contribution is 2.32. The largest absolute Gasteiger partial charge is 0.416 e. The highest BCUT2D eigenvalue weighted by Gasteiger charge is 2.31. The van der Waals surface area contributed by atoms with Crippen LogP contribution in [0.25, 0.3) is 0 Å². The maximum atomic E-state index is 13.5. The van der Waals surface area contributed by atoms with Crippen LogP contribution in [0.15, 0.2) is 36.5 Å². The van der Waals surface area contributed by atoms with Gasteiger partial charge in [-0.3, -0.25) is 0 Å². The fraction of sp³-hybridized carbons (Fsp3) is 0.0769. The third-order valence-electron chi connectivity index (χ3n) is 2.48. The monoisotopic (exact) mass is 281 g/mol. The van der Waals surface area contributed by atoms with Gasteiger partial charge in [-0.2, -0.15) is 18.4 Å². The molecule has 102 valence electrons. The molecular weight excluding hydrogens is 274 g/mol. The second-order valence-electron chi connectivity index (χ2n) is 3.83. The molecule has 2 rings (SSSR count). The van der Waals surface area contributed by atoms with Crippen molar-refractivity contribution in [2.45, 2.75) is 6.18 Å². The second-order valence-corrected chi connectivity index (χ2v) is 3.83. The van der Waals surface area contributed by atoms with Crippen molar-refractivity contribution >= 4 is 11.4 Å². The van der Waals surface area contributed by atoms with Gasteiger partial charge in [0.2, 0.25) is 0 Å². The van der Waals surface area contributed by atoms with E-state index >= 15 is 0 Å². The molecule has 0 bridgehead atoms. The summed E-state index contributed by atoms with van der Waals surface area (Å²) in [5.74, 6) is -0.856. The van der Waals surface area contributed by atoms with Crippen LogP contribution in [-0.4, -0.2) is 4.98 Å². The first-order chi connectivity index (χ1) is 9.41. The number of hydrogen-bond acceptors (Lipinski definition) is 3. The summed E-state index contributed by atoms with van der Waals surface area (Å²) < 4.78 is 51.3. The van der Waals surface area contributed by atoms with Crippen molar-refractivity contribution in [2.24, 2.45) is 0 Å². The lowest BCUT2D eigenvalue weighted by Gasteiger charge is -2.12. The molecular formula is C13H7F4N3. The van der Waals surface area contributed by atoms with E-state index in [-0.39, 0.29) is 17.1 Å². The molecule has 0 saturated heterocycles. The lowest BCUT2D eigenvalue weighted by atomic mass is 10.1. The van der Waals surface area contributed by atoms with E-state index in [1.165, 1.54) is 18.3 Å². The van der Waals surface area contributed by atoms with Crippen molar-refractivity contribution in [1.29, 1.82) is 5.26 Å². The zero-order valence-corrected chi connectivity index (χ0v) is 9.87. The van der Waals surface area contributed by atoms with Gasteiger partial charge in [0.1, 0.15) is 11.9 Å².